The number of rotatable bonds is 5. The van der Waals surface area contributed by atoms with Crippen LogP contribution in [-0.4, -0.2) is 16.1 Å². The number of nitrogens with one attached hydrogen (secondary N) is 1. The van der Waals surface area contributed by atoms with Crippen LogP contribution in [0.25, 0.3) is 10.9 Å². The molecule has 4 rings (SSSR count). The minimum atomic E-state index is 0.378. The summed E-state index contributed by atoms with van der Waals surface area (Å²) in [6.07, 6.45) is 7.12. The maximum atomic E-state index is 4.45. The van der Waals surface area contributed by atoms with Crippen LogP contribution >= 0.6 is 0 Å². The van der Waals surface area contributed by atoms with Crippen LogP contribution in [0.15, 0.2) is 49.2 Å². The Hall–Kier alpha value is -2.39. The molecule has 0 spiro atoms. The zero-order valence-electron chi connectivity index (χ0n) is 15.8. The maximum absolute atomic E-state index is 4.45. The molecule has 3 aromatic rings. The summed E-state index contributed by atoms with van der Waals surface area (Å²) in [4.78, 5) is 4.45. The van der Waals surface area contributed by atoms with Crippen LogP contribution in [0.5, 0.6) is 0 Å². The second-order valence-corrected chi connectivity index (χ2v) is 7.37. The summed E-state index contributed by atoms with van der Waals surface area (Å²) in [6.45, 7) is 10.2. The molecule has 1 aliphatic heterocycles. The number of hydrogen-bond donors (Lipinski definition) is 1. The van der Waals surface area contributed by atoms with Crippen LogP contribution in [0.2, 0.25) is 0 Å². The molecule has 0 radical (unpaired) electrons. The van der Waals surface area contributed by atoms with Crippen LogP contribution in [0.1, 0.15) is 40.5 Å². The fraction of sp³-hybridized carbons (Fsp3) is 0.348. The number of hydrogen-bond acceptors (Lipinski definition) is 2. The van der Waals surface area contributed by atoms with Crippen molar-refractivity contribution in [3.05, 3.63) is 77.3 Å². The van der Waals surface area contributed by atoms with Gasteiger partial charge in [-0.15, -0.1) is 6.58 Å². The summed E-state index contributed by atoms with van der Waals surface area (Å²) in [5, 5.41) is 5.09. The lowest BCUT2D eigenvalue weighted by Gasteiger charge is -2.25. The van der Waals surface area contributed by atoms with E-state index in [1.807, 2.05) is 19.2 Å². The van der Waals surface area contributed by atoms with Gasteiger partial charge in [0.25, 0.3) is 0 Å². The molecule has 3 nitrogen and oxygen atoms in total. The molecule has 0 fully saturated rings. The summed E-state index contributed by atoms with van der Waals surface area (Å²) in [7, 11) is 0. The van der Waals surface area contributed by atoms with Gasteiger partial charge < -0.3 is 9.88 Å². The molecular weight excluding hydrogens is 318 g/mol. The zero-order valence-corrected chi connectivity index (χ0v) is 15.8. The Balaban J connectivity index is 1.76. The molecule has 1 unspecified atom stereocenters. The average molecular weight is 345 g/mol. The Morgan fingerprint density at radius 2 is 2.15 bits per heavy atom. The molecule has 0 amide bonds. The van der Waals surface area contributed by atoms with Gasteiger partial charge >= 0.3 is 0 Å². The Morgan fingerprint density at radius 3 is 2.92 bits per heavy atom. The van der Waals surface area contributed by atoms with E-state index in [-0.39, 0.29) is 0 Å². The van der Waals surface area contributed by atoms with Gasteiger partial charge in [-0.3, -0.25) is 4.98 Å². The van der Waals surface area contributed by atoms with Gasteiger partial charge in [-0.05, 0) is 56.0 Å². The van der Waals surface area contributed by atoms with E-state index in [0.29, 0.717) is 6.04 Å². The second-order valence-electron chi connectivity index (χ2n) is 7.37. The first-order chi connectivity index (χ1) is 12.7. The van der Waals surface area contributed by atoms with E-state index in [1.54, 1.807) is 0 Å². The third-order valence-corrected chi connectivity index (χ3v) is 5.47. The van der Waals surface area contributed by atoms with E-state index in [4.69, 9.17) is 0 Å². The molecular formula is C23H27N3. The molecule has 1 atom stereocenters. The molecule has 0 saturated carbocycles. The number of pyridine rings is 1. The monoisotopic (exact) mass is 345 g/mol. The largest absolute Gasteiger partial charge is 0.344 e. The smallest absolute Gasteiger partial charge is 0.0486 e. The van der Waals surface area contributed by atoms with Crippen molar-refractivity contribution in [2.75, 3.05) is 6.54 Å². The number of nitrogens with zero attached hydrogens (tertiary/aromatic N) is 2. The predicted octanol–water partition coefficient (Wildman–Crippen LogP) is 4.66. The van der Waals surface area contributed by atoms with Gasteiger partial charge in [0, 0.05) is 54.0 Å². The van der Waals surface area contributed by atoms with Crippen molar-refractivity contribution in [3.63, 3.8) is 0 Å². The van der Waals surface area contributed by atoms with E-state index in [0.717, 1.165) is 38.0 Å². The molecule has 3 heterocycles. The molecule has 3 heteroatoms. The van der Waals surface area contributed by atoms with Crippen molar-refractivity contribution in [2.45, 2.75) is 45.7 Å². The minimum absolute atomic E-state index is 0.378. The van der Waals surface area contributed by atoms with E-state index >= 15 is 0 Å². The molecule has 1 aromatic carbocycles. The topological polar surface area (TPSA) is 29.9 Å². The molecule has 134 valence electrons. The highest BCUT2D eigenvalue weighted by Crippen LogP contribution is 2.36. The number of aryl methyl sites for hydroxylation is 4. The van der Waals surface area contributed by atoms with Crippen molar-refractivity contribution >= 4 is 10.9 Å². The van der Waals surface area contributed by atoms with Gasteiger partial charge in [0.15, 0.2) is 0 Å². The normalized spacial score (nSPS) is 16.6. The molecule has 26 heavy (non-hydrogen) atoms. The lowest BCUT2D eigenvalue weighted by Crippen LogP contribution is -2.30. The Morgan fingerprint density at radius 1 is 1.27 bits per heavy atom. The summed E-state index contributed by atoms with van der Waals surface area (Å²) >= 11 is 0. The molecule has 1 aliphatic rings. The van der Waals surface area contributed by atoms with Gasteiger partial charge in [0.2, 0.25) is 0 Å². The minimum Gasteiger partial charge on any atom is -0.344 e. The van der Waals surface area contributed by atoms with Crippen molar-refractivity contribution in [1.82, 2.24) is 14.9 Å². The molecule has 0 saturated heterocycles. The molecule has 2 aromatic heterocycles. The first-order valence-electron chi connectivity index (χ1n) is 9.55. The summed E-state index contributed by atoms with van der Waals surface area (Å²) < 4.78 is 2.54. The van der Waals surface area contributed by atoms with Crippen molar-refractivity contribution < 1.29 is 0 Å². The third-order valence-electron chi connectivity index (χ3n) is 5.47. The van der Waals surface area contributed by atoms with Gasteiger partial charge in [-0.2, -0.15) is 0 Å². The Labute approximate surface area is 155 Å². The van der Waals surface area contributed by atoms with E-state index in [2.05, 4.69) is 58.7 Å². The fourth-order valence-electron chi connectivity index (χ4n) is 4.18. The first-order valence-corrected chi connectivity index (χ1v) is 9.55. The average Bonchev–Trinajstić information content (AvgIpc) is 2.95. The lowest BCUT2D eigenvalue weighted by atomic mass is 9.95. The SMILES string of the molecule is C=CCC1NCCc2c1c1cc(C)ccc1n2CCc1ccc(C)nc1. The predicted molar refractivity (Wildman–Crippen MR) is 109 cm³/mol. The zero-order chi connectivity index (χ0) is 18.1. The molecule has 0 bridgehead atoms. The van der Waals surface area contributed by atoms with Crippen LogP contribution in [-0.2, 0) is 19.4 Å². The molecule has 1 N–H and O–H groups in total. The lowest BCUT2D eigenvalue weighted by molar-refractivity contribution is 0.495. The summed E-state index contributed by atoms with van der Waals surface area (Å²) in [5.74, 6) is 0. The molecule has 0 aliphatic carbocycles. The van der Waals surface area contributed by atoms with Gasteiger partial charge in [0.1, 0.15) is 0 Å². The second kappa shape index (κ2) is 7.08. The quantitative estimate of drug-likeness (QED) is 0.682. The Kier molecular flexibility index (Phi) is 4.64. The first kappa shape index (κ1) is 17.0. The van der Waals surface area contributed by atoms with E-state index in [9.17, 15) is 0 Å². The van der Waals surface area contributed by atoms with Crippen molar-refractivity contribution in [1.29, 1.82) is 0 Å². The van der Waals surface area contributed by atoms with Gasteiger partial charge in [-0.25, -0.2) is 0 Å². The van der Waals surface area contributed by atoms with Gasteiger partial charge in [0.05, 0.1) is 0 Å². The fourth-order valence-corrected chi connectivity index (χ4v) is 4.18. The van der Waals surface area contributed by atoms with Crippen molar-refractivity contribution in [2.24, 2.45) is 0 Å². The van der Waals surface area contributed by atoms with Crippen LogP contribution in [0.4, 0.5) is 0 Å². The van der Waals surface area contributed by atoms with Crippen LogP contribution < -0.4 is 5.32 Å². The van der Waals surface area contributed by atoms with E-state index < -0.39 is 0 Å². The summed E-state index contributed by atoms with van der Waals surface area (Å²) in [6, 6.07) is 11.6. The highest BCUT2D eigenvalue weighted by Gasteiger charge is 2.26. The number of benzene rings is 1. The van der Waals surface area contributed by atoms with Crippen molar-refractivity contribution in [3.8, 4) is 0 Å². The van der Waals surface area contributed by atoms with Crippen LogP contribution in [0, 0.1) is 13.8 Å². The number of aromatic nitrogens is 2. The Bertz CT molecular complexity index is 934. The van der Waals surface area contributed by atoms with Gasteiger partial charge in [-0.1, -0.05) is 23.8 Å². The maximum Gasteiger partial charge on any atom is 0.0486 e. The van der Waals surface area contributed by atoms with E-state index in [1.165, 1.54) is 33.3 Å². The number of fused-ring (bicyclic) bond motifs is 3. The highest BCUT2D eigenvalue weighted by atomic mass is 15.0. The third kappa shape index (κ3) is 3.08. The van der Waals surface area contributed by atoms with Crippen LogP contribution in [0.3, 0.4) is 0 Å². The summed E-state index contributed by atoms with van der Waals surface area (Å²) in [5.41, 5.74) is 8.04. The highest BCUT2D eigenvalue weighted by molar-refractivity contribution is 5.87. The standard InChI is InChI=1S/C23H27N3/c1-4-5-20-23-19-14-16(2)6-9-21(19)26(22(23)10-12-24-20)13-11-18-8-7-17(3)25-15-18/h4,6-9,14-15,20,24H,1,5,10-13H2,2-3H3.